The SMILES string of the molecule is Cc1cc([N+](=O)[O-])c(C)cc1NS(=O)(=O)C(C)C(=O)O. The van der Waals surface area contributed by atoms with Crippen LogP contribution in [0.4, 0.5) is 11.4 Å². The Kier molecular flexibility index (Phi) is 4.33. The van der Waals surface area contributed by atoms with Gasteiger partial charge in [0.05, 0.1) is 10.6 Å². The number of nitrogens with one attached hydrogen (secondary N) is 1. The Labute approximate surface area is 115 Å². The minimum atomic E-state index is -4.10. The van der Waals surface area contributed by atoms with Crippen LogP contribution in [-0.4, -0.2) is 29.7 Å². The largest absolute Gasteiger partial charge is 0.480 e. The maximum atomic E-state index is 11.8. The Bertz CT molecular complexity index is 668. The van der Waals surface area contributed by atoms with Crippen molar-refractivity contribution in [2.45, 2.75) is 26.0 Å². The fourth-order valence-electron chi connectivity index (χ4n) is 1.48. The molecule has 0 saturated heterocycles. The predicted octanol–water partition coefficient (Wildman–Crippen LogP) is 1.43. The van der Waals surface area contributed by atoms with Gasteiger partial charge in [0.1, 0.15) is 0 Å². The number of benzene rings is 1. The van der Waals surface area contributed by atoms with Crippen LogP contribution in [0.5, 0.6) is 0 Å². The lowest BCUT2D eigenvalue weighted by atomic mass is 10.1. The third-order valence-corrected chi connectivity index (χ3v) is 4.44. The molecule has 9 heteroatoms. The Balaban J connectivity index is 3.21. The summed E-state index contributed by atoms with van der Waals surface area (Å²) in [6.45, 7) is 4.00. The summed E-state index contributed by atoms with van der Waals surface area (Å²) in [4.78, 5) is 20.9. The molecule has 0 saturated carbocycles. The van der Waals surface area contributed by atoms with Crippen molar-refractivity contribution in [3.8, 4) is 0 Å². The molecular formula is C11H14N2O6S. The van der Waals surface area contributed by atoms with Crippen molar-refractivity contribution in [3.05, 3.63) is 33.4 Å². The summed E-state index contributed by atoms with van der Waals surface area (Å²) >= 11 is 0. The van der Waals surface area contributed by atoms with Crippen LogP contribution in [0.1, 0.15) is 18.1 Å². The summed E-state index contributed by atoms with van der Waals surface area (Å²) in [5.74, 6) is -1.48. The van der Waals surface area contributed by atoms with Crippen LogP contribution >= 0.6 is 0 Å². The van der Waals surface area contributed by atoms with E-state index in [1.807, 2.05) is 0 Å². The number of nitrogens with zero attached hydrogens (tertiary/aromatic N) is 1. The number of sulfonamides is 1. The first-order valence-corrected chi connectivity index (χ1v) is 7.11. The van der Waals surface area contributed by atoms with Gasteiger partial charge in [-0.05, 0) is 32.4 Å². The molecule has 8 nitrogen and oxygen atoms in total. The molecule has 1 aromatic rings. The molecule has 1 rings (SSSR count). The fourth-order valence-corrected chi connectivity index (χ4v) is 2.45. The maximum absolute atomic E-state index is 11.8. The molecule has 0 heterocycles. The first-order valence-electron chi connectivity index (χ1n) is 5.56. The minimum Gasteiger partial charge on any atom is -0.480 e. The first-order chi connectivity index (χ1) is 9.06. The first kappa shape index (κ1) is 15.9. The zero-order valence-corrected chi connectivity index (χ0v) is 11.9. The van der Waals surface area contributed by atoms with Crippen molar-refractivity contribution in [1.29, 1.82) is 0 Å². The van der Waals surface area contributed by atoms with Crippen molar-refractivity contribution in [3.63, 3.8) is 0 Å². The second-order valence-corrected chi connectivity index (χ2v) is 6.34. The van der Waals surface area contributed by atoms with Gasteiger partial charge in [0, 0.05) is 11.6 Å². The number of carbonyl (C=O) groups is 1. The van der Waals surface area contributed by atoms with Crippen LogP contribution in [0, 0.1) is 24.0 Å². The molecule has 110 valence electrons. The van der Waals surface area contributed by atoms with Gasteiger partial charge in [0.25, 0.3) is 5.69 Å². The van der Waals surface area contributed by atoms with Crippen molar-refractivity contribution in [2.75, 3.05) is 4.72 Å². The quantitative estimate of drug-likeness (QED) is 0.625. The van der Waals surface area contributed by atoms with E-state index in [1.54, 1.807) is 0 Å². The predicted molar refractivity (Wildman–Crippen MR) is 72.2 cm³/mol. The van der Waals surface area contributed by atoms with E-state index >= 15 is 0 Å². The van der Waals surface area contributed by atoms with E-state index in [0.29, 0.717) is 5.56 Å². The summed E-state index contributed by atoms with van der Waals surface area (Å²) in [7, 11) is -4.10. The smallest absolute Gasteiger partial charge is 0.323 e. The monoisotopic (exact) mass is 302 g/mol. The highest BCUT2D eigenvalue weighted by Crippen LogP contribution is 2.27. The van der Waals surface area contributed by atoms with Gasteiger partial charge >= 0.3 is 5.97 Å². The normalized spacial score (nSPS) is 12.8. The summed E-state index contributed by atoms with van der Waals surface area (Å²) < 4.78 is 25.7. The highest BCUT2D eigenvalue weighted by atomic mass is 32.2. The van der Waals surface area contributed by atoms with E-state index in [2.05, 4.69) is 4.72 Å². The summed E-state index contributed by atoms with van der Waals surface area (Å²) in [5.41, 5.74) is 0.614. The number of hydrogen-bond donors (Lipinski definition) is 2. The molecular weight excluding hydrogens is 288 g/mol. The van der Waals surface area contributed by atoms with Gasteiger partial charge < -0.3 is 5.11 Å². The van der Waals surface area contributed by atoms with E-state index in [9.17, 15) is 23.3 Å². The molecule has 2 N–H and O–H groups in total. The van der Waals surface area contributed by atoms with Crippen LogP contribution in [-0.2, 0) is 14.8 Å². The summed E-state index contributed by atoms with van der Waals surface area (Å²) in [6.07, 6.45) is 0. The number of nitro benzene ring substituents is 1. The van der Waals surface area contributed by atoms with Gasteiger partial charge in [-0.3, -0.25) is 19.6 Å². The third kappa shape index (κ3) is 3.23. The minimum absolute atomic E-state index is 0.126. The van der Waals surface area contributed by atoms with Gasteiger partial charge in [0.2, 0.25) is 10.0 Å². The standard InChI is InChI=1S/C11H14N2O6S/c1-6-5-10(13(16)17)7(2)4-9(6)12-20(18,19)8(3)11(14)15/h4-5,8,12H,1-3H3,(H,14,15). The zero-order valence-electron chi connectivity index (χ0n) is 11.1. The summed E-state index contributed by atoms with van der Waals surface area (Å²) in [5, 5.41) is 17.9. The van der Waals surface area contributed by atoms with Crippen molar-refractivity contribution in [1.82, 2.24) is 0 Å². The molecule has 0 radical (unpaired) electrons. The van der Waals surface area contributed by atoms with Crippen LogP contribution < -0.4 is 4.72 Å². The Hall–Kier alpha value is -2.16. The molecule has 0 spiro atoms. The molecule has 1 unspecified atom stereocenters. The highest BCUT2D eigenvalue weighted by Gasteiger charge is 2.28. The summed E-state index contributed by atoms with van der Waals surface area (Å²) in [6, 6.07) is 2.54. The van der Waals surface area contributed by atoms with Gasteiger partial charge in [-0.2, -0.15) is 0 Å². The lowest BCUT2D eigenvalue weighted by Crippen LogP contribution is -2.32. The molecule has 1 atom stereocenters. The van der Waals surface area contributed by atoms with Crippen molar-refractivity contribution in [2.24, 2.45) is 0 Å². The van der Waals surface area contributed by atoms with Gasteiger partial charge in [-0.1, -0.05) is 0 Å². The average molecular weight is 302 g/mol. The fraction of sp³-hybridized carbons (Fsp3) is 0.364. The van der Waals surface area contributed by atoms with E-state index in [0.717, 1.165) is 6.92 Å². The number of rotatable bonds is 5. The van der Waals surface area contributed by atoms with Crippen LogP contribution in [0.3, 0.4) is 0 Å². The number of nitro groups is 1. The van der Waals surface area contributed by atoms with E-state index < -0.39 is 26.2 Å². The second kappa shape index (κ2) is 5.45. The number of aliphatic carboxylic acids is 1. The van der Waals surface area contributed by atoms with E-state index in [-0.39, 0.29) is 16.9 Å². The van der Waals surface area contributed by atoms with Crippen LogP contribution in [0.15, 0.2) is 12.1 Å². The maximum Gasteiger partial charge on any atom is 0.323 e. The third-order valence-electron chi connectivity index (χ3n) is 2.81. The molecule has 0 fully saturated rings. The number of hydrogen-bond acceptors (Lipinski definition) is 5. The van der Waals surface area contributed by atoms with Crippen LogP contribution in [0.25, 0.3) is 0 Å². The lowest BCUT2D eigenvalue weighted by Gasteiger charge is -2.13. The molecule has 0 aliphatic carbocycles. The molecule has 1 aromatic carbocycles. The number of carboxylic acids is 1. The van der Waals surface area contributed by atoms with Crippen molar-refractivity contribution >= 4 is 27.4 Å². The number of aryl methyl sites for hydroxylation is 2. The van der Waals surface area contributed by atoms with E-state index in [1.165, 1.54) is 26.0 Å². The molecule has 20 heavy (non-hydrogen) atoms. The van der Waals surface area contributed by atoms with Gasteiger partial charge in [0.15, 0.2) is 5.25 Å². The Morgan fingerprint density at radius 3 is 2.35 bits per heavy atom. The molecule has 0 aliphatic rings. The highest BCUT2D eigenvalue weighted by molar-refractivity contribution is 7.94. The molecule has 0 bridgehead atoms. The topological polar surface area (TPSA) is 127 Å². The average Bonchev–Trinajstić information content (AvgIpc) is 2.31. The molecule has 0 aliphatic heterocycles. The zero-order chi connectivity index (χ0) is 15.7. The van der Waals surface area contributed by atoms with Crippen LogP contribution in [0.2, 0.25) is 0 Å². The van der Waals surface area contributed by atoms with Crippen molar-refractivity contribution < 1.29 is 23.2 Å². The Morgan fingerprint density at radius 2 is 1.90 bits per heavy atom. The second-order valence-electron chi connectivity index (χ2n) is 4.34. The van der Waals surface area contributed by atoms with E-state index in [4.69, 9.17) is 5.11 Å². The number of carboxylic acid groups (broad SMARTS) is 1. The number of anilines is 1. The lowest BCUT2D eigenvalue weighted by molar-refractivity contribution is -0.385. The van der Waals surface area contributed by atoms with Gasteiger partial charge in [-0.15, -0.1) is 0 Å². The Morgan fingerprint density at radius 1 is 1.35 bits per heavy atom. The molecule has 0 amide bonds. The van der Waals surface area contributed by atoms with Gasteiger partial charge in [-0.25, -0.2) is 8.42 Å². The molecule has 0 aromatic heterocycles.